The van der Waals surface area contributed by atoms with Gasteiger partial charge in [0.1, 0.15) is 5.82 Å². The third-order valence-corrected chi connectivity index (χ3v) is 8.43. The Kier molecular flexibility index (Phi) is 7.09. The molecule has 2 bridgehead atoms. The van der Waals surface area contributed by atoms with Crippen LogP contribution in [0, 0.1) is 5.41 Å². The highest BCUT2D eigenvalue weighted by molar-refractivity contribution is 9.10. The summed E-state index contributed by atoms with van der Waals surface area (Å²) in [5.41, 5.74) is -2.59. The molecular weight excluding hydrogens is 561 g/mol. The lowest BCUT2D eigenvalue weighted by Crippen LogP contribution is -2.53. The second kappa shape index (κ2) is 9.47. The fraction of sp³-hybridized carbons (Fsp3) is 0.577. The second-order valence-corrected chi connectivity index (χ2v) is 11.8. The smallest absolute Gasteiger partial charge is 0.427 e. The van der Waals surface area contributed by atoms with E-state index in [-0.39, 0.29) is 28.8 Å². The van der Waals surface area contributed by atoms with Gasteiger partial charge in [-0.1, -0.05) is 15.9 Å². The molecule has 0 unspecified atom stereocenters. The summed E-state index contributed by atoms with van der Waals surface area (Å²) in [6.45, 7) is 2.63. The lowest BCUT2D eigenvalue weighted by molar-refractivity contribution is -0.243. The number of anilines is 1. The van der Waals surface area contributed by atoms with E-state index in [1.54, 1.807) is 18.2 Å². The molecule has 0 spiro atoms. The molecule has 0 atom stereocenters. The Morgan fingerprint density at radius 1 is 1.00 bits per heavy atom. The standard InChI is InChI=1S/C26H29BrF5N3O2/c1-22(2,26(30,31)32)37-21(36)35(20-14-18(27)6-13-33-20)16-24-7-10-25(11-8-24,12-9-24)19-5-4-17(15-34-19)23(3,28)29/h4-6,13-15H,7-12,16H2,1-3H3. The molecule has 2 aromatic rings. The van der Waals surface area contributed by atoms with Gasteiger partial charge in [0.05, 0.1) is 0 Å². The molecule has 3 saturated carbocycles. The van der Waals surface area contributed by atoms with Crippen LogP contribution in [0.5, 0.6) is 0 Å². The first-order chi connectivity index (χ1) is 17.1. The minimum absolute atomic E-state index is 0.133. The van der Waals surface area contributed by atoms with Gasteiger partial charge in [0.15, 0.2) is 0 Å². The quantitative estimate of drug-likeness (QED) is 0.321. The van der Waals surface area contributed by atoms with Gasteiger partial charge in [-0.2, -0.15) is 13.2 Å². The average molecular weight is 590 g/mol. The zero-order valence-corrected chi connectivity index (χ0v) is 22.4. The van der Waals surface area contributed by atoms with Crippen LogP contribution in [0.3, 0.4) is 0 Å². The van der Waals surface area contributed by atoms with Gasteiger partial charge in [0, 0.05) is 47.0 Å². The first-order valence-corrected chi connectivity index (χ1v) is 12.9. The van der Waals surface area contributed by atoms with E-state index in [0.29, 0.717) is 23.7 Å². The molecule has 5 nitrogen and oxygen atoms in total. The van der Waals surface area contributed by atoms with Crippen molar-refractivity contribution in [3.63, 3.8) is 0 Å². The van der Waals surface area contributed by atoms with Crippen LogP contribution in [-0.2, 0) is 16.1 Å². The number of amides is 1. The first kappa shape index (κ1) is 27.7. The normalized spacial score (nSPS) is 24.1. The third-order valence-electron chi connectivity index (χ3n) is 7.94. The van der Waals surface area contributed by atoms with Crippen molar-refractivity contribution in [1.82, 2.24) is 9.97 Å². The largest absolute Gasteiger partial charge is 0.433 e. The first-order valence-electron chi connectivity index (χ1n) is 12.1. The Bertz CT molecular complexity index is 1120. The van der Waals surface area contributed by atoms with Gasteiger partial charge in [0.25, 0.3) is 5.92 Å². The maximum atomic E-state index is 13.6. The Labute approximate surface area is 220 Å². The van der Waals surface area contributed by atoms with Gasteiger partial charge in [-0.3, -0.25) is 9.88 Å². The number of hydrogen-bond acceptors (Lipinski definition) is 4. The maximum absolute atomic E-state index is 13.6. The minimum Gasteiger partial charge on any atom is -0.433 e. The highest BCUT2D eigenvalue weighted by Gasteiger charge is 2.54. The molecule has 0 aliphatic heterocycles. The number of nitrogens with zero attached hydrogens (tertiary/aromatic N) is 3. The van der Waals surface area contributed by atoms with E-state index in [2.05, 4.69) is 25.9 Å². The molecule has 0 aromatic carbocycles. The van der Waals surface area contributed by atoms with Crippen molar-refractivity contribution in [1.29, 1.82) is 0 Å². The maximum Gasteiger partial charge on any atom is 0.427 e. The number of ether oxygens (including phenoxy) is 1. The van der Waals surface area contributed by atoms with Gasteiger partial charge < -0.3 is 4.74 Å². The molecule has 3 aliphatic rings. The Morgan fingerprint density at radius 2 is 1.62 bits per heavy atom. The van der Waals surface area contributed by atoms with Crippen LogP contribution in [0.2, 0.25) is 0 Å². The van der Waals surface area contributed by atoms with Crippen LogP contribution in [0.15, 0.2) is 41.1 Å². The van der Waals surface area contributed by atoms with Crippen molar-refractivity contribution in [2.75, 3.05) is 11.4 Å². The van der Waals surface area contributed by atoms with Crippen molar-refractivity contribution in [3.05, 3.63) is 52.4 Å². The lowest BCUT2D eigenvalue weighted by atomic mass is 9.52. The highest BCUT2D eigenvalue weighted by Crippen LogP contribution is 2.58. The zero-order valence-electron chi connectivity index (χ0n) is 20.8. The summed E-state index contributed by atoms with van der Waals surface area (Å²) >= 11 is 3.33. The topological polar surface area (TPSA) is 55.3 Å². The lowest BCUT2D eigenvalue weighted by Gasteiger charge is -2.54. The number of fused-ring (bicyclic) bond motifs is 3. The van der Waals surface area contributed by atoms with Gasteiger partial charge in [-0.05, 0) is 82.1 Å². The monoisotopic (exact) mass is 589 g/mol. The van der Waals surface area contributed by atoms with Crippen molar-refractivity contribution in [2.45, 2.75) is 82.4 Å². The fourth-order valence-electron chi connectivity index (χ4n) is 5.30. The van der Waals surface area contributed by atoms with Crippen LogP contribution in [0.4, 0.5) is 32.6 Å². The third kappa shape index (κ3) is 5.61. The number of aromatic nitrogens is 2. The van der Waals surface area contributed by atoms with Gasteiger partial charge >= 0.3 is 12.3 Å². The molecule has 2 aromatic heterocycles. The average Bonchev–Trinajstić information content (AvgIpc) is 2.82. The summed E-state index contributed by atoms with van der Waals surface area (Å²) in [5.74, 6) is -2.76. The van der Waals surface area contributed by atoms with Crippen molar-refractivity contribution in [3.8, 4) is 0 Å². The summed E-state index contributed by atoms with van der Waals surface area (Å²) in [6, 6.07) is 6.34. The van der Waals surface area contributed by atoms with Crippen molar-refractivity contribution >= 4 is 27.8 Å². The Balaban J connectivity index is 1.55. The van der Waals surface area contributed by atoms with Crippen LogP contribution in [0.1, 0.15) is 70.6 Å². The molecular formula is C26H29BrF5N3O2. The summed E-state index contributed by atoms with van der Waals surface area (Å²) in [4.78, 5) is 22.9. The minimum atomic E-state index is -4.74. The highest BCUT2D eigenvalue weighted by atomic mass is 79.9. The summed E-state index contributed by atoms with van der Waals surface area (Å²) < 4.78 is 73.2. The van der Waals surface area contributed by atoms with Crippen LogP contribution in [0.25, 0.3) is 0 Å². The molecule has 5 rings (SSSR count). The summed E-state index contributed by atoms with van der Waals surface area (Å²) in [7, 11) is 0. The van der Waals surface area contributed by atoms with Crippen LogP contribution in [-0.4, -0.2) is 34.4 Å². The number of hydrogen-bond donors (Lipinski definition) is 0. The molecule has 202 valence electrons. The van der Waals surface area contributed by atoms with E-state index >= 15 is 0 Å². The SMILES string of the molecule is CC(F)(F)c1ccc(C23CCC(CN(C(=O)OC(C)(C)C(F)(F)F)c4cc(Br)ccn4)(CC2)CC3)nc1. The van der Waals surface area contributed by atoms with E-state index in [0.717, 1.165) is 45.7 Å². The fourth-order valence-corrected chi connectivity index (χ4v) is 5.62. The van der Waals surface area contributed by atoms with E-state index in [1.165, 1.54) is 23.4 Å². The van der Waals surface area contributed by atoms with Crippen LogP contribution >= 0.6 is 15.9 Å². The van der Waals surface area contributed by atoms with E-state index in [1.807, 2.05) is 0 Å². The number of halogens is 6. The molecule has 1 amide bonds. The molecule has 37 heavy (non-hydrogen) atoms. The van der Waals surface area contributed by atoms with Crippen molar-refractivity contribution in [2.24, 2.45) is 5.41 Å². The Morgan fingerprint density at radius 3 is 2.11 bits per heavy atom. The van der Waals surface area contributed by atoms with Crippen molar-refractivity contribution < 1.29 is 31.5 Å². The summed E-state index contributed by atoms with van der Waals surface area (Å²) in [5, 5.41) is 0. The molecule has 0 radical (unpaired) electrons. The van der Waals surface area contributed by atoms with Gasteiger partial charge in [0.2, 0.25) is 5.60 Å². The molecule has 3 aliphatic carbocycles. The number of carbonyl (C=O) groups is 1. The predicted molar refractivity (Wildman–Crippen MR) is 132 cm³/mol. The van der Waals surface area contributed by atoms with Crippen LogP contribution < -0.4 is 4.90 Å². The molecule has 3 fully saturated rings. The predicted octanol–water partition coefficient (Wildman–Crippen LogP) is 7.93. The molecule has 0 N–H and O–H groups in total. The number of alkyl halides is 5. The second-order valence-electron chi connectivity index (χ2n) is 10.9. The van der Waals surface area contributed by atoms with E-state index in [9.17, 15) is 26.7 Å². The van der Waals surface area contributed by atoms with E-state index in [4.69, 9.17) is 4.74 Å². The zero-order chi connectivity index (χ0) is 27.3. The molecule has 2 heterocycles. The van der Waals surface area contributed by atoms with E-state index < -0.39 is 23.8 Å². The number of carbonyl (C=O) groups excluding carboxylic acids is 1. The number of rotatable bonds is 6. The van der Waals surface area contributed by atoms with Gasteiger partial charge in [-0.15, -0.1) is 0 Å². The Hall–Kier alpha value is -2.30. The van der Waals surface area contributed by atoms with Gasteiger partial charge in [-0.25, -0.2) is 18.6 Å². The number of pyridine rings is 2. The molecule has 0 saturated heterocycles. The molecule has 11 heteroatoms. The summed E-state index contributed by atoms with van der Waals surface area (Å²) in [6.07, 6.45) is 1.20.